The van der Waals surface area contributed by atoms with Gasteiger partial charge in [0.1, 0.15) is 0 Å². The van der Waals surface area contributed by atoms with E-state index in [1.54, 1.807) is 23.5 Å². The average molecular weight is 485 g/mol. The summed E-state index contributed by atoms with van der Waals surface area (Å²) in [4.78, 5) is 22.4. The van der Waals surface area contributed by atoms with Crippen molar-refractivity contribution >= 4 is 42.6 Å². The van der Waals surface area contributed by atoms with Gasteiger partial charge < -0.3 is 9.80 Å². The minimum atomic E-state index is -3.51. The standard InChI is InChI=1S/C24H28N4O3S2/c1-18-6-8-20(9-7-18)33(30,31)28-12-10-19(11-13-28)23(29)26-14-16-27(17-15-26)24-25-21-4-2-3-5-22(21)32-24/h2-9,19H,10-17H2,1H3. The summed E-state index contributed by atoms with van der Waals surface area (Å²) in [6.07, 6.45) is 1.14. The first-order chi connectivity index (χ1) is 15.9. The molecule has 2 aliphatic heterocycles. The van der Waals surface area contributed by atoms with E-state index in [4.69, 9.17) is 4.98 Å². The fraction of sp³-hybridized carbons (Fsp3) is 0.417. The van der Waals surface area contributed by atoms with Crippen LogP contribution in [-0.2, 0) is 14.8 Å². The lowest BCUT2D eigenvalue weighted by atomic mass is 9.96. The van der Waals surface area contributed by atoms with Crippen LogP contribution in [0.3, 0.4) is 0 Å². The number of benzene rings is 2. The topological polar surface area (TPSA) is 73.8 Å². The molecule has 9 heteroatoms. The molecule has 2 saturated heterocycles. The Morgan fingerprint density at radius 1 is 0.939 bits per heavy atom. The molecule has 0 spiro atoms. The Bertz CT molecular complexity index is 1210. The number of carbonyl (C=O) groups excluding carboxylic acids is 1. The number of piperazine rings is 1. The minimum Gasteiger partial charge on any atom is -0.345 e. The van der Waals surface area contributed by atoms with Gasteiger partial charge in [-0.25, -0.2) is 13.4 Å². The number of carbonyl (C=O) groups is 1. The largest absolute Gasteiger partial charge is 0.345 e. The van der Waals surface area contributed by atoms with Gasteiger partial charge in [0.25, 0.3) is 0 Å². The molecule has 1 amide bonds. The zero-order valence-corrected chi connectivity index (χ0v) is 20.3. The molecule has 1 aromatic heterocycles. The highest BCUT2D eigenvalue weighted by Gasteiger charge is 2.34. The number of hydrogen-bond acceptors (Lipinski definition) is 6. The first-order valence-electron chi connectivity index (χ1n) is 11.4. The zero-order chi connectivity index (χ0) is 23.0. The van der Waals surface area contributed by atoms with Crippen LogP contribution in [0, 0.1) is 12.8 Å². The summed E-state index contributed by atoms with van der Waals surface area (Å²) in [5.74, 6) is 0.0507. The molecule has 2 fully saturated rings. The summed E-state index contributed by atoms with van der Waals surface area (Å²) < 4.78 is 28.6. The van der Waals surface area contributed by atoms with Gasteiger partial charge >= 0.3 is 0 Å². The molecular formula is C24H28N4O3S2. The van der Waals surface area contributed by atoms with Crippen LogP contribution < -0.4 is 4.90 Å². The van der Waals surface area contributed by atoms with Gasteiger partial charge in [0, 0.05) is 45.2 Å². The lowest BCUT2D eigenvalue weighted by Gasteiger charge is -2.38. The molecule has 0 radical (unpaired) electrons. The van der Waals surface area contributed by atoms with Crippen LogP contribution in [0.25, 0.3) is 10.2 Å². The third kappa shape index (κ3) is 4.49. The number of para-hydroxylation sites is 1. The first-order valence-corrected chi connectivity index (χ1v) is 13.6. The normalized spacial score (nSPS) is 18.7. The molecule has 33 heavy (non-hydrogen) atoms. The Kier molecular flexibility index (Phi) is 6.11. The molecule has 2 aliphatic rings. The van der Waals surface area contributed by atoms with Crippen molar-refractivity contribution in [1.29, 1.82) is 0 Å². The van der Waals surface area contributed by atoms with Gasteiger partial charge in [-0.1, -0.05) is 41.2 Å². The summed E-state index contributed by atoms with van der Waals surface area (Å²) >= 11 is 1.69. The number of rotatable bonds is 4. The van der Waals surface area contributed by atoms with Gasteiger partial charge in [0.15, 0.2) is 5.13 Å². The Hall–Kier alpha value is -2.49. The van der Waals surface area contributed by atoms with Crippen LogP contribution >= 0.6 is 11.3 Å². The monoisotopic (exact) mass is 484 g/mol. The molecule has 2 aromatic carbocycles. The molecule has 3 aromatic rings. The van der Waals surface area contributed by atoms with E-state index in [0.29, 0.717) is 43.9 Å². The molecule has 0 atom stereocenters. The second kappa shape index (κ2) is 9.04. The quantitative estimate of drug-likeness (QED) is 0.568. The van der Waals surface area contributed by atoms with E-state index in [1.807, 2.05) is 42.2 Å². The maximum atomic E-state index is 13.1. The zero-order valence-electron chi connectivity index (χ0n) is 18.7. The molecule has 0 unspecified atom stereocenters. The highest BCUT2D eigenvalue weighted by Crippen LogP contribution is 2.30. The fourth-order valence-corrected chi connectivity index (χ4v) is 7.06. The Morgan fingerprint density at radius 3 is 2.27 bits per heavy atom. The van der Waals surface area contributed by atoms with E-state index in [-0.39, 0.29) is 11.8 Å². The highest BCUT2D eigenvalue weighted by molar-refractivity contribution is 7.89. The molecular weight excluding hydrogens is 456 g/mol. The number of aryl methyl sites for hydroxylation is 1. The van der Waals surface area contributed by atoms with E-state index in [9.17, 15) is 13.2 Å². The van der Waals surface area contributed by atoms with Crippen LogP contribution in [-0.4, -0.2) is 67.8 Å². The third-order valence-electron chi connectivity index (χ3n) is 6.61. The Morgan fingerprint density at radius 2 is 1.61 bits per heavy atom. The van der Waals surface area contributed by atoms with Crippen LogP contribution in [0.2, 0.25) is 0 Å². The van der Waals surface area contributed by atoms with Gasteiger partial charge in [-0.05, 0) is 44.0 Å². The molecule has 3 heterocycles. The number of piperidine rings is 1. The highest BCUT2D eigenvalue weighted by atomic mass is 32.2. The van der Waals surface area contributed by atoms with Crippen molar-refractivity contribution in [3.05, 3.63) is 54.1 Å². The molecule has 0 aliphatic carbocycles. The summed E-state index contributed by atoms with van der Waals surface area (Å²) in [6, 6.07) is 15.1. The number of amides is 1. The van der Waals surface area contributed by atoms with E-state index < -0.39 is 10.0 Å². The van der Waals surface area contributed by atoms with Crippen LogP contribution in [0.15, 0.2) is 53.4 Å². The molecule has 0 saturated carbocycles. The van der Waals surface area contributed by atoms with E-state index >= 15 is 0 Å². The van der Waals surface area contributed by atoms with E-state index in [0.717, 1.165) is 29.3 Å². The number of thiazole rings is 1. The molecule has 174 valence electrons. The predicted octanol–water partition coefficient (Wildman–Crippen LogP) is 3.35. The third-order valence-corrected chi connectivity index (χ3v) is 9.62. The summed E-state index contributed by atoms with van der Waals surface area (Å²) in [6.45, 7) is 5.61. The average Bonchev–Trinajstić information content (AvgIpc) is 3.28. The number of aromatic nitrogens is 1. The lowest BCUT2D eigenvalue weighted by molar-refractivity contribution is -0.137. The van der Waals surface area contributed by atoms with Gasteiger partial charge in [0.05, 0.1) is 15.1 Å². The molecule has 0 N–H and O–H groups in total. The van der Waals surface area contributed by atoms with Crippen LogP contribution in [0.5, 0.6) is 0 Å². The van der Waals surface area contributed by atoms with E-state index in [2.05, 4.69) is 11.0 Å². The minimum absolute atomic E-state index is 0.108. The van der Waals surface area contributed by atoms with Crippen LogP contribution in [0.4, 0.5) is 5.13 Å². The van der Waals surface area contributed by atoms with Gasteiger partial charge in [0.2, 0.25) is 15.9 Å². The Labute approximate surface area is 198 Å². The summed E-state index contributed by atoms with van der Waals surface area (Å²) in [7, 11) is -3.51. The smallest absolute Gasteiger partial charge is 0.243 e. The van der Waals surface area contributed by atoms with Crippen molar-refractivity contribution in [2.45, 2.75) is 24.7 Å². The van der Waals surface area contributed by atoms with Gasteiger partial charge in [-0.2, -0.15) is 4.31 Å². The number of nitrogens with zero attached hydrogens (tertiary/aromatic N) is 4. The maximum absolute atomic E-state index is 13.1. The maximum Gasteiger partial charge on any atom is 0.243 e. The molecule has 7 nitrogen and oxygen atoms in total. The number of hydrogen-bond donors (Lipinski definition) is 0. The summed E-state index contributed by atoms with van der Waals surface area (Å²) in [5.41, 5.74) is 2.05. The second-order valence-corrected chi connectivity index (χ2v) is 11.7. The van der Waals surface area contributed by atoms with Crippen LogP contribution in [0.1, 0.15) is 18.4 Å². The van der Waals surface area contributed by atoms with Crippen molar-refractivity contribution in [2.24, 2.45) is 5.92 Å². The first kappa shape index (κ1) is 22.3. The predicted molar refractivity (Wildman–Crippen MR) is 131 cm³/mol. The number of sulfonamides is 1. The van der Waals surface area contributed by atoms with E-state index in [1.165, 1.54) is 9.01 Å². The van der Waals surface area contributed by atoms with Crippen molar-refractivity contribution in [3.8, 4) is 0 Å². The molecule has 5 rings (SSSR count). The van der Waals surface area contributed by atoms with Gasteiger partial charge in [-0.3, -0.25) is 4.79 Å². The van der Waals surface area contributed by atoms with Crippen molar-refractivity contribution in [1.82, 2.24) is 14.2 Å². The fourth-order valence-electron chi connectivity index (χ4n) is 4.57. The van der Waals surface area contributed by atoms with Crippen molar-refractivity contribution in [3.63, 3.8) is 0 Å². The number of anilines is 1. The van der Waals surface area contributed by atoms with Crippen molar-refractivity contribution in [2.75, 3.05) is 44.2 Å². The second-order valence-electron chi connectivity index (χ2n) is 8.77. The summed E-state index contributed by atoms with van der Waals surface area (Å²) in [5, 5.41) is 1.01. The Balaban J connectivity index is 1.16. The SMILES string of the molecule is Cc1ccc(S(=O)(=O)N2CCC(C(=O)N3CCN(c4nc5ccccc5s4)CC3)CC2)cc1. The van der Waals surface area contributed by atoms with Gasteiger partial charge in [-0.15, -0.1) is 0 Å². The van der Waals surface area contributed by atoms with Crippen molar-refractivity contribution < 1.29 is 13.2 Å². The lowest BCUT2D eigenvalue weighted by Crippen LogP contribution is -2.52. The number of fused-ring (bicyclic) bond motifs is 1. The molecule has 0 bridgehead atoms.